The third-order valence-electron chi connectivity index (χ3n) is 4.13. The number of carbonyl (C=O) groups excluding carboxylic acids is 1. The number of fused-ring (bicyclic) bond motifs is 1. The van der Waals surface area contributed by atoms with E-state index in [1.54, 1.807) is 4.90 Å². The van der Waals surface area contributed by atoms with Gasteiger partial charge in [-0.05, 0) is 59.4 Å². The molecule has 8 heteroatoms. The average Bonchev–Trinajstić information content (AvgIpc) is 3.24. The summed E-state index contributed by atoms with van der Waals surface area (Å²) in [6.07, 6.45) is 0. The summed E-state index contributed by atoms with van der Waals surface area (Å²) in [5.74, 6) is -0.0157. The van der Waals surface area contributed by atoms with E-state index in [0.29, 0.717) is 21.6 Å². The Balaban J connectivity index is 1.93. The van der Waals surface area contributed by atoms with Crippen LogP contribution >= 0.6 is 50.2 Å². The summed E-state index contributed by atoms with van der Waals surface area (Å²) < 4.78 is 1.93. The highest BCUT2D eigenvalue weighted by Gasteiger charge is 2.23. The maximum Gasteiger partial charge on any atom is 0.270 e. The van der Waals surface area contributed by atoms with E-state index in [2.05, 4.69) is 39.7 Å². The molecule has 2 aromatic heterocycles. The zero-order valence-electron chi connectivity index (χ0n) is 14.5. The largest absolute Gasteiger partial charge is 0.302 e. The van der Waals surface area contributed by atoms with Crippen LogP contribution in [0.25, 0.3) is 10.2 Å². The molecule has 3 aromatic rings. The normalized spacial score (nSPS) is 11.4. The Bertz CT molecular complexity index is 907. The molecule has 0 radical (unpaired) electrons. The van der Waals surface area contributed by atoms with E-state index in [1.165, 1.54) is 22.7 Å². The molecule has 0 aliphatic rings. The van der Waals surface area contributed by atoms with Crippen LogP contribution in [0.4, 0.5) is 5.13 Å². The summed E-state index contributed by atoms with van der Waals surface area (Å²) in [6.45, 7) is 7.58. The monoisotopic (exact) mass is 471 g/mol. The van der Waals surface area contributed by atoms with Crippen molar-refractivity contribution < 1.29 is 4.79 Å². The fourth-order valence-corrected chi connectivity index (χ4v) is 5.23. The number of benzene rings is 1. The number of thiophene rings is 1. The second-order valence-electron chi connectivity index (χ2n) is 5.70. The Hall–Kier alpha value is -0.990. The second kappa shape index (κ2) is 8.80. The summed E-state index contributed by atoms with van der Waals surface area (Å²) in [7, 11) is 0. The Kier molecular flexibility index (Phi) is 6.69. The molecule has 0 bridgehead atoms. The van der Waals surface area contributed by atoms with Crippen molar-refractivity contribution in [2.75, 3.05) is 31.1 Å². The Morgan fingerprint density at radius 3 is 2.58 bits per heavy atom. The number of hydrogen-bond donors (Lipinski definition) is 0. The van der Waals surface area contributed by atoms with Gasteiger partial charge >= 0.3 is 0 Å². The van der Waals surface area contributed by atoms with Crippen molar-refractivity contribution in [1.29, 1.82) is 0 Å². The zero-order valence-corrected chi connectivity index (χ0v) is 18.5. The summed E-state index contributed by atoms with van der Waals surface area (Å²) >= 11 is 12.5. The third kappa shape index (κ3) is 4.46. The third-order valence-corrected chi connectivity index (χ3v) is 7.02. The molecule has 138 valence electrons. The molecule has 0 fully saturated rings. The van der Waals surface area contributed by atoms with Gasteiger partial charge in [0.25, 0.3) is 5.91 Å². The summed E-state index contributed by atoms with van der Waals surface area (Å²) in [6, 6.07) is 9.37. The van der Waals surface area contributed by atoms with Crippen LogP contribution < -0.4 is 4.90 Å². The van der Waals surface area contributed by atoms with Crippen molar-refractivity contribution in [3.63, 3.8) is 0 Å². The van der Waals surface area contributed by atoms with Crippen molar-refractivity contribution in [1.82, 2.24) is 9.88 Å². The predicted molar refractivity (Wildman–Crippen MR) is 116 cm³/mol. The lowest BCUT2D eigenvalue weighted by atomic mass is 10.3. The molecule has 0 unspecified atom stereocenters. The highest BCUT2D eigenvalue weighted by molar-refractivity contribution is 9.11. The van der Waals surface area contributed by atoms with Crippen LogP contribution in [0.3, 0.4) is 0 Å². The van der Waals surface area contributed by atoms with E-state index in [9.17, 15) is 4.79 Å². The van der Waals surface area contributed by atoms with E-state index < -0.39 is 0 Å². The predicted octanol–water partition coefficient (Wildman–Crippen LogP) is 5.76. The van der Waals surface area contributed by atoms with Gasteiger partial charge in [-0.25, -0.2) is 4.98 Å². The molecule has 4 nitrogen and oxygen atoms in total. The Morgan fingerprint density at radius 2 is 1.92 bits per heavy atom. The first-order valence-corrected chi connectivity index (χ1v) is 11.2. The first kappa shape index (κ1) is 19.8. The van der Waals surface area contributed by atoms with E-state index in [4.69, 9.17) is 11.6 Å². The van der Waals surface area contributed by atoms with Crippen LogP contribution in [0, 0.1) is 0 Å². The maximum atomic E-state index is 13.1. The fraction of sp³-hybridized carbons (Fsp3) is 0.333. The SMILES string of the molecule is CCN(CC)CCN(C(=O)c1ccc(Br)s1)c1nc2ccc(Cl)cc2s1. The summed E-state index contributed by atoms with van der Waals surface area (Å²) in [5.41, 5.74) is 0.863. The molecule has 1 amide bonds. The van der Waals surface area contributed by atoms with Gasteiger partial charge in [-0.3, -0.25) is 9.69 Å². The molecule has 0 aliphatic heterocycles. The van der Waals surface area contributed by atoms with Gasteiger partial charge in [0.15, 0.2) is 5.13 Å². The lowest BCUT2D eigenvalue weighted by molar-refractivity contribution is 0.0987. The molecule has 0 N–H and O–H groups in total. The van der Waals surface area contributed by atoms with Crippen molar-refractivity contribution in [3.05, 3.63) is 44.0 Å². The van der Waals surface area contributed by atoms with Gasteiger partial charge in [-0.2, -0.15) is 0 Å². The first-order valence-electron chi connectivity index (χ1n) is 8.37. The molecule has 0 spiro atoms. The van der Waals surface area contributed by atoms with Gasteiger partial charge in [0.05, 0.1) is 18.9 Å². The molecule has 1 aromatic carbocycles. The number of thiazole rings is 1. The fourth-order valence-electron chi connectivity index (χ4n) is 2.63. The smallest absolute Gasteiger partial charge is 0.270 e. The minimum atomic E-state index is -0.0157. The molecule has 0 atom stereocenters. The minimum absolute atomic E-state index is 0.0157. The van der Waals surface area contributed by atoms with E-state index in [-0.39, 0.29) is 5.91 Å². The van der Waals surface area contributed by atoms with Gasteiger partial charge in [0.2, 0.25) is 0 Å². The topological polar surface area (TPSA) is 36.4 Å². The van der Waals surface area contributed by atoms with Crippen LogP contribution in [0.15, 0.2) is 34.1 Å². The van der Waals surface area contributed by atoms with Crippen LogP contribution in [0.2, 0.25) is 5.02 Å². The lowest BCUT2D eigenvalue weighted by Gasteiger charge is -2.24. The van der Waals surface area contributed by atoms with Gasteiger partial charge in [0.1, 0.15) is 0 Å². The molecule has 0 saturated heterocycles. The van der Waals surface area contributed by atoms with E-state index >= 15 is 0 Å². The van der Waals surface area contributed by atoms with Crippen molar-refractivity contribution in [2.45, 2.75) is 13.8 Å². The quantitative estimate of drug-likeness (QED) is 0.438. The lowest BCUT2D eigenvalue weighted by Crippen LogP contribution is -2.38. The standard InChI is InChI=1S/C18H19BrClN3OS2/c1-3-22(4-2)9-10-23(17(24)14-7-8-16(19)25-14)18-21-13-6-5-12(20)11-15(13)26-18/h5-8,11H,3-4,9-10H2,1-2H3. The van der Waals surface area contributed by atoms with Gasteiger partial charge in [0, 0.05) is 18.1 Å². The van der Waals surface area contributed by atoms with Gasteiger partial charge in [-0.1, -0.05) is 36.8 Å². The molecule has 0 aliphatic carbocycles. The van der Waals surface area contributed by atoms with Crippen LogP contribution in [-0.4, -0.2) is 42.0 Å². The van der Waals surface area contributed by atoms with Crippen LogP contribution in [0.1, 0.15) is 23.5 Å². The first-order chi connectivity index (χ1) is 12.5. The Morgan fingerprint density at radius 1 is 1.15 bits per heavy atom. The van der Waals surface area contributed by atoms with E-state index in [0.717, 1.165) is 33.6 Å². The molecule has 2 heterocycles. The number of amides is 1. The number of halogens is 2. The van der Waals surface area contributed by atoms with Gasteiger partial charge < -0.3 is 4.90 Å². The molecular weight excluding hydrogens is 454 g/mol. The summed E-state index contributed by atoms with van der Waals surface area (Å²) in [5, 5.41) is 1.39. The van der Waals surface area contributed by atoms with Crippen molar-refractivity contribution in [3.8, 4) is 0 Å². The Labute approximate surface area is 174 Å². The number of anilines is 1. The number of rotatable bonds is 7. The molecular formula is C18H19BrClN3OS2. The van der Waals surface area contributed by atoms with Crippen LogP contribution in [0.5, 0.6) is 0 Å². The highest BCUT2D eigenvalue weighted by atomic mass is 79.9. The zero-order chi connectivity index (χ0) is 18.7. The van der Waals surface area contributed by atoms with Gasteiger partial charge in [-0.15, -0.1) is 11.3 Å². The highest BCUT2D eigenvalue weighted by Crippen LogP contribution is 2.32. The molecule has 0 saturated carbocycles. The number of carbonyl (C=O) groups is 1. The minimum Gasteiger partial charge on any atom is -0.302 e. The average molecular weight is 473 g/mol. The molecule has 26 heavy (non-hydrogen) atoms. The molecule has 3 rings (SSSR count). The van der Waals surface area contributed by atoms with Crippen LogP contribution in [-0.2, 0) is 0 Å². The number of nitrogens with zero attached hydrogens (tertiary/aromatic N) is 3. The summed E-state index contributed by atoms with van der Waals surface area (Å²) in [4.78, 5) is 22.6. The number of likely N-dealkylation sites (N-methyl/N-ethyl adjacent to an activating group) is 1. The number of aromatic nitrogens is 1. The number of hydrogen-bond acceptors (Lipinski definition) is 5. The van der Waals surface area contributed by atoms with Crippen molar-refractivity contribution in [2.24, 2.45) is 0 Å². The second-order valence-corrected chi connectivity index (χ2v) is 9.60. The van der Waals surface area contributed by atoms with Crippen molar-refractivity contribution >= 4 is 71.5 Å². The van der Waals surface area contributed by atoms with E-state index in [1.807, 2.05) is 30.3 Å². The maximum absolute atomic E-state index is 13.1.